The molecule has 0 unspecified atom stereocenters. The van der Waals surface area contributed by atoms with Crippen LogP contribution < -0.4 is 4.84 Å². The molecular weight excluding hydrogens is 270 g/mol. The van der Waals surface area contributed by atoms with Crippen molar-refractivity contribution < 1.29 is 9.63 Å². The van der Waals surface area contributed by atoms with Crippen LogP contribution in [0.25, 0.3) is 5.57 Å². The number of hydrogen-bond acceptors (Lipinski definition) is 3. The Labute approximate surface area is 123 Å². The third-order valence-corrected chi connectivity index (χ3v) is 3.05. The normalized spacial score (nSPS) is 9.90. The summed E-state index contributed by atoms with van der Waals surface area (Å²) in [6.45, 7) is 3.77. The Morgan fingerprint density at radius 3 is 2.30 bits per heavy atom. The largest absolute Gasteiger partial charge is 0.364 e. The first-order chi connectivity index (χ1) is 9.59. The number of carbonyl (C=O) groups excluding carboxylic acids is 1. The van der Waals surface area contributed by atoms with Crippen LogP contribution in [0.4, 0.5) is 0 Å². The van der Waals surface area contributed by atoms with Gasteiger partial charge in [0.1, 0.15) is 4.64 Å². The molecule has 102 valence electrons. The van der Waals surface area contributed by atoms with E-state index in [1.807, 2.05) is 44.2 Å². The van der Waals surface area contributed by atoms with Gasteiger partial charge in [-0.3, -0.25) is 0 Å². The number of aromatic nitrogens is 1. The molecule has 0 aliphatic rings. The van der Waals surface area contributed by atoms with Crippen LogP contribution in [0.1, 0.15) is 19.4 Å². The molecular formula is C16H15NO2S. The zero-order valence-electron chi connectivity index (χ0n) is 11.4. The zero-order valence-corrected chi connectivity index (χ0v) is 12.2. The molecule has 0 saturated carbocycles. The van der Waals surface area contributed by atoms with Crippen molar-refractivity contribution in [1.82, 2.24) is 4.73 Å². The molecule has 2 aromatic rings. The molecule has 2 rings (SSSR count). The first kappa shape index (κ1) is 14.2. The highest BCUT2D eigenvalue weighted by Gasteiger charge is 2.16. The molecule has 0 spiro atoms. The summed E-state index contributed by atoms with van der Waals surface area (Å²) in [6, 6.07) is 14.7. The average Bonchev–Trinajstić information content (AvgIpc) is 2.42. The lowest BCUT2D eigenvalue weighted by molar-refractivity contribution is -0.137. The molecule has 1 heterocycles. The Morgan fingerprint density at radius 1 is 1.05 bits per heavy atom. The first-order valence-corrected chi connectivity index (χ1v) is 6.63. The van der Waals surface area contributed by atoms with Crippen LogP contribution >= 0.6 is 12.2 Å². The third-order valence-electron chi connectivity index (χ3n) is 2.74. The molecule has 0 bridgehead atoms. The molecule has 0 atom stereocenters. The predicted octanol–water partition coefficient (Wildman–Crippen LogP) is 3.67. The number of benzene rings is 1. The molecule has 0 saturated heterocycles. The maximum Gasteiger partial charge on any atom is 0.364 e. The van der Waals surface area contributed by atoms with E-state index in [1.165, 1.54) is 4.73 Å². The van der Waals surface area contributed by atoms with Crippen molar-refractivity contribution in [3.63, 3.8) is 0 Å². The summed E-state index contributed by atoms with van der Waals surface area (Å²) in [5.74, 6) is -0.418. The predicted molar refractivity (Wildman–Crippen MR) is 81.6 cm³/mol. The molecule has 3 nitrogen and oxygen atoms in total. The van der Waals surface area contributed by atoms with Crippen molar-refractivity contribution in [2.75, 3.05) is 0 Å². The summed E-state index contributed by atoms with van der Waals surface area (Å²) in [5, 5.41) is 0. The third kappa shape index (κ3) is 3.22. The van der Waals surface area contributed by atoms with E-state index in [-0.39, 0.29) is 0 Å². The van der Waals surface area contributed by atoms with Crippen LogP contribution in [0.2, 0.25) is 0 Å². The zero-order chi connectivity index (χ0) is 14.5. The van der Waals surface area contributed by atoms with Gasteiger partial charge < -0.3 is 4.84 Å². The molecule has 1 aromatic carbocycles. The summed E-state index contributed by atoms with van der Waals surface area (Å²) < 4.78 is 1.74. The second-order valence-electron chi connectivity index (χ2n) is 4.48. The number of rotatable bonds is 3. The quantitative estimate of drug-likeness (QED) is 0.637. The second kappa shape index (κ2) is 6.30. The van der Waals surface area contributed by atoms with Gasteiger partial charge in [-0.15, -0.1) is 0 Å². The smallest absolute Gasteiger partial charge is 0.330 e. The van der Waals surface area contributed by atoms with Crippen molar-refractivity contribution in [2.45, 2.75) is 13.8 Å². The Balaban J connectivity index is 2.34. The molecule has 0 N–H and O–H groups in total. The minimum atomic E-state index is -0.418. The fourth-order valence-electron chi connectivity index (χ4n) is 1.84. The van der Waals surface area contributed by atoms with Crippen LogP contribution in [-0.2, 0) is 4.79 Å². The van der Waals surface area contributed by atoms with Crippen LogP contribution in [0, 0.1) is 4.64 Å². The number of nitrogens with zero attached hydrogens (tertiary/aromatic N) is 1. The highest BCUT2D eigenvalue weighted by atomic mass is 32.1. The van der Waals surface area contributed by atoms with Crippen molar-refractivity contribution in [3.8, 4) is 0 Å². The highest BCUT2D eigenvalue weighted by Crippen LogP contribution is 2.19. The summed E-state index contributed by atoms with van der Waals surface area (Å²) >= 11 is 5.11. The van der Waals surface area contributed by atoms with Crippen molar-refractivity contribution in [2.24, 2.45) is 0 Å². The van der Waals surface area contributed by atoms with Gasteiger partial charge in [0.15, 0.2) is 0 Å². The number of allylic oxidation sites excluding steroid dienone is 1. The minimum Gasteiger partial charge on any atom is -0.330 e. The SMILES string of the molecule is CC(C)=C(C(=O)On1ccccc1=S)c1ccccc1. The standard InChI is InChI=1S/C16H15NO2S/c1-12(2)15(13-8-4-3-5-9-13)16(18)19-17-11-7-6-10-14(17)20/h3-11H,1-2H3. The Morgan fingerprint density at radius 2 is 1.70 bits per heavy atom. The Hall–Kier alpha value is -2.20. The van der Waals surface area contributed by atoms with E-state index in [0.717, 1.165) is 11.1 Å². The highest BCUT2D eigenvalue weighted by molar-refractivity contribution is 7.71. The summed E-state index contributed by atoms with van der Waals surface area (Å²) in [5.41, 5.74) is 2.28. The molecule has 0 aliphatic heterocycles. The van der Waals surface area contributed by atoms with Gasteiger partial charge in [-0.1, -0.05) is 54.2 Å². The van der Waals surface area contributed by atoms with E-state index >= 15 is 0 Å². The van der Waals surface area contributed by atoms with Crippen molar-refractivity contribution in [3.05, 3.63) is 70.5 Å². The Kier molecular flexibility index (Phi) is 4.48. The van der Waals surface area contributed by atoms with Crippen molar-refractivity contribution in [1.29, 1.82) is 0 Å². The van der Waals surface area contributed by atoms with E-state index in [1.54, 1.807) is 24.4 Å². The summed E-state index contributed by atoms with van der Waals surface area (Å²) in [7, 11) is 0. The van der Waals surface area contributed by atoms with Crippen LogP contribution in [0.5, 0.6) is 0 Å². The number of hydrogen-bond donors (Lipinski definition) is 0. The van der Waals surface area contributed by atoms with Gasteiger partial charge in [0.05, 0.1) is 5.57 Å². The Bertz CT molecular complexity index is 698. The van der Waals surface area contributed by atoms with Gasteiger partial charge in [-0.05, 0) is 31.5 Å². The van der Waals surface area contributed by atoms with Gasteiger partial charge in [0.25, 0.3) is 0 Å². The summed E-state index contributed by atoms with van der Waals surface area (Å²) in [6.07, 6.45) is 1.62. The van der Waals surface area contributed by atoms with E-state index in [2.05, 4.69) is 0 Å². The maximum atomic E-state index is 12.4. The molecule has 4 heteroatoms. The fraction of sp³-hybridized carbons (Fsp3) is 0.125. The van der Waals surface area contributed by atoms with E-state index in [9.17, 15) is 4.79 Å². The molecule has 0 aliphatic carbocycles. The van der Waals surface area contributed by atoms with Gasteiger partial charge in [0.2, 0.25) is 0 Å². The van der Waals surface area contributed by atoms with Gasteiger partial charge in [-0.2, -0.15) is 4.73 Å². The second-order valence-corrected chi connectivity index (χ2v) is 4.90. The van der Waals surface area contributed by atoms with Crippen LogP contribution in [0.3, 0.4) is 0 Å². The lowest BCUT2D eigenvalue weighted by Gasteiger charge is -2.11. The van der Waals surface area contributed by atoms with E-state index in [4.69, 9.17) is 17.1 Å². The minimum absolute atomic E-state index is 0.418. The lowest BCUT2D eigenvalue weighted by Crippen LogP contribution is -2.21. The van der Waals surface area contributed by atoms with Gasteiger partial charge in [0, 0.05) is 6.20 Å². The van der Waals surface area contributed by atoms with Gasteiger partial charge in [-0.25, -0.2) is 4.79 Å². The fourth-order valence-corrected chi connectivity index (χ4v) is 2.02. The van der Waals surface area contributed by atoms with E-state index < -0.39 is 5.97 Å². The first-order valence-electron chi connectivity index (χ1n) is 6.23. The number of pyridine rings is 1. The summed E-state index contributed by atoms with van der Waals surface area (Å²) in [4.78, 5) is 17.7. The maximum absolute atomic E-state index is 12.4. The van der Waals surface area contributed by atoms with Gasteiger partial charge >= 0.3 is 5.97 Å². The van der Waals surface area contributed by atoms with Crippen molar-refractivity contribution >= 4 is 23.8 Å². The molecule has 1 aromatic heterocycles. The molecule has 20 heavy (non-hydrogen) atoms. The monoisotopic (exact) mass is 285 g/mol. The molecule has 0 radical (unpaired) electrons. The van der Waals surface area contributed by atoms with Crippen LogP contribution in [0.15, 0.2) is 60.3 Å². The van der Waals surface area contributed by atoms with Crippen LogP contribution in [-0.4, -0.2) is 10.7 Å². The molecule has 0 fully saturated rings. The molecule has 0 amide bonds. The lowest BCUT2D eigenvalue weighted by atomic mass is 10.0. The number of carbonyl (C=O) groups is 1. The van der Waals surface area contributed by atoms with E-state index in [0.29, 0.717) is 10.2 Å². The topological polar surface area (TPSA) is 31.2 Å². The average molecular weight is 285 g/mol.